The van der Waals surface area contributed by atoms with Crippen molar-refractivity contribution in [3.05, 3.63) is 57.8 Å². The van der Waals surface area contributed by atoms with Gasteiger partial charge in [-0.3, -0.25) is 9.36 Å². The highest BCUT2D eigenvalue weighted by Gasteiger charge is 2.13. The molecule has 0 spiro atoms. The van der Waals surface area contributed by atoms with E-state index in [-0.39, 0.29) is 5.56 Å². The maximum atomic E-state index is 11.6. The largest absolute Gasteiger partial charge is 0.399 e. The van der Waals surface area contributed by atoms with E-state index in [1.807, 2.05) is 12.1 Å². The van der Waals surface area contributed by atoms with Crippen LogP contribution >= 0.6 is 15.9 Å². The summed E-state index contributed by atoms with van der Waals surface area (Å²) >= 11 is 3.25. The van der Waals surface area contributed by atoms with E-state index in [2.05, 4.69) is 30.9 Å². The lowest BCUT2D eigenvalue weighted by Crippen LogP contribution is -2.12. The Morgan fingerprint density at radius 1 is 1.20 bits per heavy atom. The lowest BCUT2D eigenvalue weighted by molar-refractivity contribution is 0.952. The van der Waals surface area contributed by atoms with Crippen molar-refractivity contribution < 1.29 is 0 Å². The third kappa shape index (κ3) is 2.12. The number of nitrogen functional groups attached to an aromatic ring is 1. The number of nitrogens with one attached hydrogen (secondary N) is 1. The molecule has 0 aliphatic carbocycles. The predicted octanol–water partition coefficient (Wildman–Crippen LogP) is 1.97. The molecular weight excluding hydrogens is 322 g/mol. The van der Waals surface area contributed by atoms with Crippen LogP contribution in [0.1, 0.15) is 0 Å². The summed E-state index contributed by atoms with van der Waals surface area (Å²) < 4.78 is 2.10. The molecular formula is C13H10BrN5O. The summed E-state index contributed by atoms with van der Waals surface area (Å²) in [4.78, 5) is 22.6. The zero-order chi connectivity index (χ0) is 14.1. The molecule has 20 heavy (non-hydrogen) atoms. The number of halogens is 1. The van der Waals surface area contributed by atoms with Crippen LogP contribution in [-0.2, 0) is 0 Å². The monoisotopic (exact) mass is 331 g/mol. The number of imidazole rings is 1. The van der Waals surface area contributed by atoms with Gasteiger partial charge < -0.3 is 10.7 Å². The molecule has 0 unspecified atom stereocenters. The van der Waals surface area contributed by atoms with Crippen molar-refractivity contribution in [2.24, 2.45) is 0 Å². The van der Waals surface area contributed by atoms with E-state index in [4.69, 9.17) is 5.73 Å². The van der Waals surface area contributed by atoms with Crippen LogP contribution in [-0.4, -0.2) is 19.5 Å². The molecule has 7 heteroatoms. The van der Waals surface area contributed by atoms with Crippen LogP contribution in [0.25, 0.3) is 17.2 Å². The van der Waals surface area contributed by atoms with Crippen molar-refractivity contribution in [3.63, 3.8) is 0 Å². The summed E-state index contributed by atoms with van der Waals surface area (Å²) in [5.74, 6) is 1.17. The number of aromatic amines is 1. The molecule has 0 aliphatic heterocycles. The third-order valence-electron chi connectivity index (χ3n) is 2.82. The molecule has 0 radical (unpaired) electrons. The Kier molecular flexibility index (Phi) is 3.11. The Morgan fingerprint density at radius 3 is 2.70 bits per heavy atom. The molecule has 0 fully saturated rings. The van der Waals surface area contributed by atoms with Crippen molar-refractivity contribution in [2.45, 2.75) is 0 Å². The molecule has 2 heterocycles. The summed E-state index contributed by atoms with van der Waals surface area (Å²) in [7, 11) is 0. The lowest BCUT2D eigenvalue weighted by atomic mass is 10.2. The molecule has 0 bridgehead atoms. The Bertz CT molecular complexity index is 806. The average molecular weight is 332 g/mol. The molecule has 2 aromatic heterocycles. The van der Waals surface area contributed by atoms with Gasteiger partial charge in [-0.2, -0.15) is 0 Å². The Morgan fingerprint density at radius 2 is 1.95 bits per heavy atom. The van der Waals surface area contributed by atoms with E-state index in [9.17, 15) is 4.79 Å². The smallest absolute Gasteiger partial charge is 0.267 e. The number of nitrogens with zero attached hydrogens (tertiary/aromatic N) is 3. The number of benzene rings is 1. The molecule has 3 rings (SSSR count). The number of nitrogens with two attached hydrogens (primary N) is 1. The van der Waals surface area contributed by atoms with Gasteiger partial charge in [0, 0.05) is 23.6 Å². The second kappa shape index (κ2) is 4.93. The number of H-pyrrole nitrogens is 1. The van der Waals surface area contributed by atoms with Gasteiger partial charge in [0.15, 0.2) is 5.82 Å². The van der Waals surface area contributed by atoms with Crippen LogP contribution in [0.15, 0.2) is 52.3 Å². The summed E-state index contributed by atoms with van der Waals surface area (Å²) in [5, 5.41) is 0. The molecule has 0 aliphatic rings. The van der Waals surface area contributed by atoms with E-state index >= 15 is 0 Å². The van der Waals surface area contributed by atoms with Crippen molar-refractivity contribution in [2.75, 3.05) is 5.73 Å². The first kappa shape index (κ1) is 12.6. The van der Waals surface area contributed by atoms with Gasteiger partial charge in [0.2, 0.25) is 0 Å². The molecule has 0 amide bonds. The number of rotatable bonds is 2. The third-order valence-corrected chi connectivity index (χ3v) is 3.53. The van der Waals surface area contributed by atoms with Crippen LogP contribution in [0.4, 0.5) is 5.69 Å². The Labute approximate surface area is 122 Å². The minimum Gasteiger partial charge on any atom is -0.399 e. The fraction of sp³-hybridized carbons (Fsp3) is 0. The van der Waals surface area contributed by atoms with Crippen LogP contribution in [0.5, 0.6) is 0 Å². The lowest BCUT2D eigenvalue weighted by Gasteiger charge is -2.08. The quantitative estimate of drug-likeness (QED) is 0.702. The van der Waals surface area contributed by atoms with Crippen LogP contribution in [0.3, 0.4) is 0 Å². The van der Waals surface area contributed by atoms with Crippen molar-refractivity contribution in [3.8, 4) is 17.2 Å². The molecule has 0 saturated carbocycles. The van der Waals surface area contributed by atoms with E-state index in [0.29, 0.717) is 21.8 Å². The first-order chi connectivity index (χ1) is 9.66. The van der Waals surface area contributed by atoms with Crippen molar-refractivity contribution in [1.29, 1.82) is 0 Å². The fourth-order valence-corrected chi connectivity index (χ4v) is 2.27. The first-order valence-electron chi connectivity index (χ1n) is 5.79. The normalized spacial score (nSPS) is 10.7. The first-order valence-corrected chi connectivity index (χ1v) is 6.59. The Balaban J connectivity index is 2.18. The van der Waals surface area contributed by atoms with Gasteiger partial charge in [-0.25, -0.2) is 9.97 Å². The van der Waals surface area contributed by atoms with Crippen molar-refractivity contribution in [1.82, 2.24) is 19.5 Å². The molecule has 0 saturated heterocycles. The zero-order valence-corrected chi connectivity index (χ0v) is 11.8. The number of hydrogen-bond donors (Lipinski definition) is 2. The highest BCUT2D eigenvalue weighted by Crippen LogP contribution is 2.23. The number of hydrogen-bond acceptors (Lipinski definition) is 4. The van der Waals surface area contributed by atoms with Gasteiger partial charge in [0.25, 0.3) is 5.56 Å². The maximum absolute atomic E-state index is 11.6. The minimum atomic E-state index is -0.244. The summed E-state index contributed by atoms with van der Waals surface area (Å²) in [6.45, 7) is 0. The van der Waals surface area contributed by atoms with Crippen molar-refractivity contribution >= 4 is 21.6 Å². The average Bonchev–Trinajstić information content (AvgIpc) is 2.92. The summed E-state index contributed by atoms with van der Waals surface area (Å²) in [6.07, 6.45) is 4.76. The molecule has 1 aromatic carbocycles. The van der Waals surface area contributed by atoms with Crippen LogP contribution < -0.4 is 11.3 Å². The van der Waals surface area contributed by atoms with Crippen LogP contribution in [0.2, 0.25) is 0 Å². The second-order valence-electron chi connectivity index (χ2n) is 4.11. The van der Waals surface area contributed by atoms with Gasteiger partial charge in [-0.1, -0.05) is 0 Å². The molecule has 100 valence electrons. The highest BCUT2D eigenvalue weighted by atomic mass is 79.9. The van der Waals surface area contributed by atoms with Gasteiger partial charge in [-0.15, -0.1) is 0 Å². The standard InChI is InChI=1S/C13H10BrN5O/c14-10-12(17-7-18-13(10)20)19-6-5-16-11(19)8-1-3-9(15)4-2-8/h1-7H,15H2,(H,17,18,20). The van der Waals surface area contributed by atoms with E-state index in [0.717, 1.165) is 5.56 Å². The molecule has 3 aromatic rings. The second-order valence-corrected chi connectivity index (χ2v) is 4.91. The summed E-state index contributed by atoms with van der Waals surface area (Å²) in [6, 6.07) is 7.34. The molecule has 6 nitrogen and oxygen atoms in total. The maximum Gasteiger partial charge on any atom is 0.267 e. The zero-order valence-electron chi connectivity index (χ0n) is 10.2. The van der Waals surface area contributed by atoms with Gasteiger partial charge in [0.05, 0.1) is 6.33 Å². The summed E-state index contributed by atoms with van der Waals surface area (Å²) in [5.41, 5.74) is 7.01. The minimum absolute atomic E-state index is 0.244. The Hall–Kier alpha value is -2.41. The van der Waals surface area contributed by atoms with Crippen LogP contribution in [0, 0.1) is 0 Å². The highest BCUT2D eigenvalue weighted by molar-refractivity contribution is 9.10. The number of aromatic nitrogens is 4. The predicted molar refractivity (Wildman–Crippen MR) is 79.5 cm³/mol. The van der Waals surface area contributed by atoms with Gasteiger partial charge in [-0.05, 0) is 40.2 Å². The number of anilines is 1. The molecule has 0 atom stereocenters. The van der Waals surface area contributed by atoms with E-state index in [1.165, 1.54) is 6.33 Å². The van der Waals surface area contributed by atoms with Gasteiger partial charge in [0.1, 0.15) is 10.3 Å². The topological polar surface area (TPSA) is 89.6 Å². The van der Waals surface area contributed by atoms with E-state index < -0.39 is 0 Å². The fourth-order valence-electron chi connectivity index (χ4n) is 1.86. The van der Waals surface area contributed by atoms with E-state index in [1.54, 1.807) is 29.1 Å². The van der Waals surface area contributed by atoms with Gasteiger partial charge >= 0.3 is 0 Å². The molecule has 3 N–H and O–H groups in total. The SMILES string of the molecule is Nc1ccc(-c2nccn2-c2nc[nH]c(=O)c2Br)cc1.